The lowest BCUT2D eigenvalue weighted by Gasteiger charge is -2.41. The van der Waals surface area contributed by atoms with Gasteiger partial charge in [0.1, 0.15) is 0 Å². The minimum Gasteiger partial charge on any atom is -0.366 e. The minimum atomic E-state index is 0.598. The van der Waals surface area contributed by atoms with Gasteiger partial charge in [0.05, 0.1) is 0 Å². The van der Waals surface area contributed by atoms with Crippen molar-refractivity contribution in [2.24, 2.45) is 5.92 Å². The first-order chi connectivity index (χ1) is 8.63. The monoisotopic (exact) mass is 244 g/mol. The van der Waals surface area contributed by atoms with E-state index in [1.54, 1.807) is 0 Å². The molecule has 0 amide bonds. The van der Waals surface area contributed by atoms with Gasteiger partial charge in [-0.1, -0.05) is 6.07 Å². The van der Waals surface area contributed by atoms with Crippen molar-refractivity contribution < 1.29 is 0 Å². The molecule has 18 heavy (non-hydrogen) atoms. The molecule has 1 saturated carbocycles. The summed E-state index contributed by atoms with van der Waals surface area (Å²) < 4.78 is 0. The number of piperazine rings is 1. The lowest BCUT2D eigenvalue weighted by Crippen LogP contribution is -2.56. The van der Waals surface area contributed by atoms with E-state index in [-0.39, 0.29) is 0 Å². The molecule has 2 atom stereocenters. The highest BCUT2D eigenvalue weighted by Crippen LogP contribution is 2.35. The molecule has 0 radical (unpaired) electrons. The third-order valence-corrected chi connectivity index (χ3v) is 4.33. The van der Waals surface area contributed by atoms with Gasteiger partial charge in [0.2, 0.25) is 0 Å². The summed E-state index contributed by atoms with van der Waals surface area (Å²) in [7, 11) is 0. The molecule has 0 bridgehead atoms. The van der Waals surface area contributed by atoms with Gasteiger partial charge in [-0.2, -0.15) is 0 Å². The maximum atomic E-state index is 3.72. The average molecular weight is 244 g/mol. The molecule has 98 valence electrons. The Morgan fingerprint density at radius 1 is 1.11 bits per heavy atom. The van der Waals surface area contributed by atoms with E-state index in [1.807, 2.05) is 0 Å². The Morgan fingerprint density at radius 3 is 2.39 bits per heavy atom. The van der Waals surface area contributed by atoms with Crippen LogP contribution in [0, 0.1) is 19.8 Å². The zero-order chi connectivity index (χ0) is 12.7. The molecule has 2 fully saturated rings. The van der Waals surface area contributed by atoms with E-state index < -0.39 is 0 Å². The summed E-state index contributed by atoms with van der Waals surface area (Å²) in [5.41, 5.74) is 4.16. The second-order valence-electron chi connectivity index (χ2n) is 6.20. The van der Waals surface area contributed by atoms with Gasteiger partial charge >= 0.3 is 0 Å². The predicted octanol–water partition coefficient (Wildman–Crippen LogP) is 2.88. The van der Waals surface area contributed by atoms with Gasteiger partial charge in [-0.25, -0.2) is 0 Å². The Hall–Kier alpha value is -1.02. The van der Waals surface area contributed by atoms with Gasteiger partial charge in [0.15, 0.2) is 0 Å². The second-order valence-corrected chi connectivity index (χ2v) is 6.20. The Bertz CT molecular complexity index is 416. The van der Waals surface area contributed by atoms with Gasteiger partial charge in [0.25, 0.3) is 0 Å². The summed E-state index contributed by atoms with van der Waals surface area (Å²) in [5.74, 6) is 0.936. The van der Waals surface area contributed by atoms with E-state index >= 15 is 0 Å². The largest absolute Gasteiger partial charge is 0.366 e. The highest BCUT2D eigenvalue weighted by atomic mass is 15.2. The van der Waals surface area contributed by atoms with Crippen molar-refractivity contribution in [3.05, 3.63) is 29.3 Å². The number of nitrogens with one attached hydrogen (secondary N) is 1. The van der Waals surface area contributed by atoms with Crippen LogP contribution in [0.15, 0.2) is 18.2 Å². The molecule has 2 heteroatoms. The summed E-state index contributed by atoms with van der Waals surface area (Å²) in [5, 5.41) is 3.72. The molecule has 2 nitrogen and oxygen atoms in total. The van der Waals surface area contributed by atoms with E-state index in [9.17, 15) is 0 Å². The number of anilines is 1. The number of nitrogens with zero attached hydrogens (tertiary/aromatic N) is 1. The summed E-state index contributed by atoms with van der Waals surface area (Å²) >= 11 is 0. The van der Waals surface area contributed by atoms with Crippen LogP contribution in [0.2, 0.25) is 0 Å². The van der Waals surface area contributed by atoms with E-state index in [1.165, 1.54) is 36.2 Å². The van der Waals surface area contributed by atoms with Crippen LogP contribution >= 0.6 is 0 Å². The van der Waals surface area contributed by atoms with E-state index in [0.29, 0.717) is 12.1 Å². The fourth-order valence-electron chi connectivity index (χ4n) is 3.18. The van der Waals surface area contributed by atoms with Gasteiger partial charge < -0.3 is 10.2 Å². The molecule has 3 rings (SSSR count). The fraction of sp³-hybridized carbons (Fsp3) is 0.625. The highest BCUT2D eigenvalue weighted by Gasteiger charge is 2.36. The van der Waals surface area contributed by atoms with Crippen LogP contribution < -0.4 is 10.2 Å². The standard InChI is InChI=1S/C16H24N2/c1-11-6-12(2)8-15(7-11)18-10-16(14-4-5-14)17-9-13(18)3/h6-8,13-14,16-17H,4-5,9-10H2,1-3H3. The molecule has 0 spiro atoms. The van der Waals surface area contributed by atoms with Crippen LogP contribution in [-0.2, 0) is 0 Å². The van der Waals surface area contributed by atoms with Crippen LogP contribution in [-0.4, -0.2) is 25.2 Å². The van der Waals surface area contributed by atoms with Crippen LogP contribution in [0.3, 0.4) is 0 Å². The number of hydrogen-bond acceptors (Lipinski definition) is 2. The number of hydrogen-bond donors (Lipinski definition) is 1. The first-order valence-electron chi connectivity index (χ1n) is 7.22. The second kappa shape index (κ2) is 4.58. The van der Waals surface area contributed by atoms with Crippen molar-refractivity contribution in [2.45, 2.75) is 45.7 Å². The van der Waals surface area contributed by atoms with Gasteiger partial charge in [-0.3, -0.25) is 0 Å². The first kappa shape index (κ1) is 12.0. The number of benzene rings is 1. The fourth-order valence-corrected chi connectivity index (χ4v) is 3.18. The maximum Gasteiger partial charge on any atom is 0.0387 e. The highest BCUT2D eigenvalue weighted by molar-refractivity contribution is 5.52. The molecule has 1 saturated heterocycles. The summed E-state index contributed by atoms with van der Waals surface area (Å²) in [6.45, 7) is 9.01. The number of aryl methyl sites for hydroxylation is 2. The summed E-state index contributed by atoms with van der Waals surface area (Å²) in [6.07, 6.45) is 2.85. The normalized spacial score (nSPS) is 28.5. The third-order valence-electron chi connectivity index (χ3n) is 4.33. The molecular formula is C16H24N2. The summed E-state index contributed by atoms with van der Waals surface area (Å²) in [6, 6.07) is 8.23. The van der Waals surface area contributed by atoms with E-state index in [2.05, 4.69) is 49.2 Å². The molecule has 1 aliphatic heterocycles. The van der Waals surface area contributed by atoms with Crippen molar-refractivity contribution in [3.8, 4) is 0 Å². The maximum absolute atomic E-state index is 3.72. The number of rotatable bonds is 2. The Labute approximate surface area is 110 Å². The van der Waals surface area contributed by atoms with E-state index in [0.717, 1.165) is 12.5 Å². The SMILES string of the molecule is Cc1cc(C)cc(N2CC(C3CC3)NCC2C)c1. The Balaban J connectivity index is 1.83. The molecule has 2 unspecified atom stereocenters. The van der Waals surface area contributed by atoms with Crippen molar-refractivity contribution in [2.75, 3.05) is 18.0 Å². The molecule has 1 aliphatic carbocycles. The zero-order valence-electron chi connectivity index (χ0n) is 11.7. The molecule has 2 aliphatic rings. The van der Waals surface area contributed by atoms with E-state index in [4.69, 9.17) is 0 Å². The van der Waals surface area contributed by atoms with Crippen molar-refractivity contribution >= 4 is 5.69 Å². The summed E-state index contributed by atoms with van der Waals surface area (Å²) in [4.78, 5) is 2.60. The smallest absolute Gasteiger partial charge is 0.0387 e. The average Bonchev–Trinajstić information content (AvgIpc) is 3.12. The van der Waals surface area contributed by atoms with Crippen LogP contribution in [0.4, 0.5) is 5.69 Å². The van der Waals surface area contributed by atoms with Crippen LogP contribution in [0.1, 0.15) is 30.9 Å². The Kier molecular flexibility index (Phi) is 3.06. The minimum absolute atomic E-state index is 0.598. The lowest BCUT2D eigenvalue weighted by atomic mass is 10.0. The van der Waals surface area contributed by atoms with Crippen LogP contribution in [0.5, 0.6) is 0 Å². The van der Waals surface area contributed by atoms with Gasteiger partial charge in [-0.15, -0.1) is 0 Å². The van der Waals surface area contributed by atoms with Crippen molar-refractivity contribution in [3.63, 3.8) is 0 Å². The van der Waals surface area contributed by atoms with Crippen LogP contribution in [0.25, 0.3) is 0 Å². The lowest BCUT2D eigenvalue weighted by molar-refractivity contribution is 0.376. The topological polar surface area (TPSA) is 15.3 Å². The molecule has 1 N–H and O–H groups in total. The van der Waals surface area contributed by atoms with Gasteiger partial charge in [0, 0.05) is 30.9 Å². The van der Waals surface area contributed by atoms with Crippen molar-refractivity contribution in [1.29, 1.82) is 0 Å². The molecule has 1 aromatic carbocycles. The molecule has 1 heterocycles. The van der Waals surface area contributed by atoms with Gasteiger partial charge in [-0.05, 0) is 62.8 Å². The third kappa shape index (κ3) is 2.39. The Morgan fingerprint density at radius 2 is 1.78 bits per heavy atom. The van der Waals surface area contributed by atoms with Crippen molar-refractivity contribution in [1.82, 2.24) is 5.32 Å². The first-order valence-corrected chi connectivity index (χ1v) is 7.22. The quantitative estimate of drug-likeness (QED) is 0.860. The zero-order valence-corrected chi connectivity index (χ0v) is 11.7. The predicted molar refractivity (Wildman–Crippen MR) is 77.2 cm³/mol. The molecule has 1 aromatic rings. The molecular weight excluding hydrogens is 220 g/mol. The molecule has 0 aromatic heterocycles.